The van der Waals surface area contributed by atoms with Crippen molar-refractivity contribution < 1.29 is 4.79 Å². The number of ketones is 1. The number of rotatable bonds is 6. The molecular formula is C19H23N5O. The first-order chi connectivity index (χ1) is 12.0. The number of fused-ring (bicyclic) bond motifs is 1. The first kappa shape index (κ1) is 17.1. The third-order valence-corrected chi connectivity index (χ3v) is 4.11. The van der Waals surface area contributed by atoms with Crippen molar-refractivity contribution in [3.63, 3.8) is 0 Å². The molecule has 3 aromatic rings. The van der Waals surface area contributed by atoms with E-state index in [-0.39, 0.29) is 5.78 Å². The Morgan fingerprint density at radius 2 is 2.04 bits per heavy atom. The van der Waals surface area contributed by atoms with E-state index in [0.29, 0.717) is 5.56 Å². The van der Waals surface area contributed by atoms with Crippen molar-refractivity contribution in [2.45, 2.75) is 47.1 Å². The van der Waals surface area contributed by atoms with Gasteiger partial charge in [0.2, 0.25) is 0 Å². The van der Waals surface area contributed by atoms with Gasteiger partial charge in [-0.3, -0.25) is 9.48 Å². The number of aryl methyl sites for hydroxylation is 3. The van der Waals surface area contributed by atoms with E-state index in [2.05, 4.69) is 17.3 Å². The Balaban J connectivity index is 2.13. The van der Waals surface area contributed by atoms with Crippen LogP contribution in [0.1, 0.15) is 49.1 Å². The second-order valence-corrected chi connectivity index (χ2v) is 6.10. The van der Waals surface area contributed by atoms with Gasteiger partial charge in [-0.05, 0) is 39.3 Å². The Morgan fingerprint density at radius 1 is 1.24 bits per heavy atom. The summed E-state index contributed by atoms with van der Waals surface area (Å²) in [5.41, 5.74) is 4.18. The monoisotopic (exact) mass is 337 g/mol. The van der Waals surface area contributed by atoms with E-state index in [1.54, 1.807) is 6.92 Å². The molecule has 0 saturated heterocycles. The maximum absolute atomic E-state index is 11.6. The highest BCUT2D eigenvalue weighted by molar-refractivity contribution is 5.95. The fraction of sp³-hybridized carbons (Fsp3) is 0.368. The molecule has 130 valence electrons. The summed E-state index contributed by atoms with van der Waals surface area (Å²) in [6.07, 6.45) is 1.79. The van der Waals surface area contributed by atoms with Crippen LogP contribution in [0.5, 0.6) is 0 Å². The molecule has 2 heterocycles. The lowest BCUT2D eigenvalue weighted by Gasteiger charge is -2.11. The molecule has 0 amide bonds. The summed E-state index contributed by atoms with van der Waals surface area (Å²) in [6.45, 7) is 8.43. The zero-order chi connectivity index (χ0) is 18.0. The Morgan fingerprint density at radius 3 is 2.72 bits per heavy atom. The molecule has 1 N–H and O–H groups in total. The third-order valence-electron chi connectivity index (χ3n) is 4.11. The molecule has 0 unspecified atom stereocenters. The number of benzene rings is 1. The number of carbonyl (C=O) groups is 1. The summed E-state index contributed by atoms with van der Waals surface area (Å²) in [5, 5.41) is 7.94. The van der Waals surface area contributed by atoms with Crippen LogP contribution in [0.4, 0.5) is 11.5 Å². The molecule has 0 fully saturated rings. The van der Waals surface area contributed by atoms with Crippen LogP contribution in [0.25, 0.3) is 11.0 Å². The summed E-state index contributed by atoms with van der Waals surface area (Å²) in [6, 6.07) is 7.45. The SMILES string of the molecule is CCCc1nc(Nc2cccc(C(C)=O)c2)c2c(n1)c(C)nn2CC. The van der Waals surface area contributed by atoms with Gasteiger partial charge >= 0.3 is 0 Å². The van der Waals surface area contributed by atoms with Gasteiger partial charge < -0.3 is 5.32 Å². The van der Waals surface area contributed by atoms with Gasteiger partial charge in [-0.25, -0.2) is 9.97 Å². The second kappa shape index (κ2) is 7.01. The van der Waals surface area contributed by atoms with Gasteiger partial charge in [0.1, 0.15) is 16.9 Å². The Kier molecular flexibility index (Phi) is 4.79. The average Bonchev–Trinajstić information content (AvgIpc) is 2.92. The maximum Gasteiger partial charge on any atom is 0.160 e. The molecule has 25 heavy (non-hydrogen) atoms. The van der Waals surface area contributed by atoms with Gasteiger partial charge in [0.05, 0.1) is 5.69 Å². The zero-order valence-electron chi connectivity index (χ0n) is 15.1. The predicted octanol–water partition coefficient (Wildman–Crippen LogP) is 4.05. The zero-order valence-corrected chi connectivity index (χ0v) is 15.1. The minimum atomic E-state index is 0.0394. The smallest absolute Gasteiger partial charge is 0.160 e. The molecule has 0 atom stereocenters. The minimum absolute atomic E-state index is 0.0394. The standard InChI is InChI=1S/C19H23N5O/c1-5-8-16-21-17-12(3)23-24(6-2)18(17)19(22-16)20-15-10-7-9-14(11-15)13(4)25/h7,9-11H,5-6,8H2,1-4H3,(H,20,21,22). The average molecular weight is 337 g/mol. The number of hydrogen-bond donors (Lipinski definition) is 1. The molecular weight excluding hydrogens is 314 g/mol. The lowest BCUT2D eigenvalue weighted by Crippen LogP contribution is -2.05. The molecule has 6 nitrogen and oxygen atoms in total. The molecule has 6 heteroatoms. The van der Waals surface area contributed by atoms with Crippen LogP contribution in [-0.2, 0) is 13.0 Å². The molecule has 2 aromatic heterocycles. The summed E-state index contributed by atoms with van der Waals surface area (Å²) in [7, 11) is 0. The van der Waals surface area contributed by atoms with Gasteiger partial charge in [-0.15, -0.1) is 0 Å². The summed E-state index contributed by atoms with van der Waals surface area (Å²) >= 11 is 0. The van der Waals surface area contributed by atoms with E-state index in [0.717, 1.165) is 53.4 Å². The molecule has 0 bridgehead atoms. The van der Waals surface area contributed by atoms with Crippen molar-refractivity contribution in [1.82, 2.24) is 19.7 Å². The van der Waals surface area contributed by atoms with Crippen LogP contribution in [-0.4, -0.2) is 25.5 Å². The largest absolute Gasteiger partial charge is 0.338 e. The predicted molar refractivity (Wildman–Crippen MR) is 99.5 cm³/mol. The molecule has 0 radical (unpaired) electrons. The Hall–Kier alpha value is -2.76. The highest BCUT2D eigenvalue weighted by Gasteiger charge is 2.16. The third kappa shape index (κ3) is 3.38. The van der Waals surface area contributed by atoms with E-state index in [1.807, 2.05) is 42.8 Å². The van der Waals surface area contributed by atoms with E-state index in [4.69, 9.17) is 9.97 Å². The lowest BCUT2D eigenvalue weighted by atomic mass is 10.1. The van der Waals surface area contributed by atoms with Gasteiger partial charge in [0.25, 0.3) is 0 Å². The van der Waals surface area contributed by atoms with Crippen molar-refractivity contribution in [3.8, 4) is 0 Å². The van der Waals surface area contributed by atoms with Crippen molar-refractivity contribution in [2.75, 3.05) is 5.32 Å². The van der Waals surface area contributed by atoms with E-state index in [9.17, 15) is 4.79 Å². The molecule has 3 rings (SSSR count). The number of anilines is 2. The molecule has 0 aliphatic carbocycles. The van der Waals surface area contributed by atoms with Crippen molar-refractivity contribution in [3.05, 3.63) is 41.3 Å². The van der Waals surface area contributed by atoms with Crippen LogP contribution < -0.4 is 5.32 Å². The van der Waals surface area contributed by atoms with Gasteiger partial charge in [-0.1, -0.05) is 19.1 Å². The summed E-state index contributed by atoms with van der Waals surface area (Å²) in [4.78, 5) is 21.0. The topological polar surface area (TPSA) is 72.7 Å². The van der Waals surface area contributed by atoms with Gasteiger partial charge in [0, 0.05) is 24.2 Å². The number of carbonyl (C=O) groups excluding carboxylic acids is 1. The lowest BCUT2D eigenvalue weighted by molar-refractivity contribution is 0.101. The first-order valence-electron chi connectivity index (χ1n) is 8.65. The number of Topliss-reactive ketones (excluding diaryl/α,β-unsaturated/α-hetero) is 1. The number of nitrogens with one attached hydrogen (secondary N) is 1. The Labute approximate surface area is 147 Å². The van der Waals surface area contributed by atoms with Crippen LogP contribution in [0, 0.1) is 6.92 Å². The number of aromatic nitrogens is 4. The van der Waals surface area contributed by atoms with Gasteiger partial charge in [-0.2, -0.15) is 5.10 Å². The minimum Gasteiger partial charge on any atom is -0.338 e. The normalized spacial score (nSPS) is 11.0. The quantitative estimate of drug-likeness (QED) is 0.687. The molecule has 0 aliphatic heterocycles. The van der Waals surface area contributed by atoms with Gasteiger partial charge in [0.15, 0.2) is 11.6 Å². The highest BCUT2D eigenvalue weighted by atomic mass is 16.1. The van der Waals surface area contributed by atoms with E-state index in [1.165, 1.54) is 0 Å². The van der Waals surface area contributed by atoms with Crippen molar-refractivity contribution in [2.24, 2.45) is 0 Å². The van der Waals surface area contributed by atoms with Crippen molar-refractivity contribution >= 4 is 28.3 Å². The van der Waals surface area contributed by atoms with E-state index < -0.39 is 0 Å². The summed E-state index contributed by atoms with van der Waals surface area (Å²) < 4.78 is 1.91. The molecule has 0 saturated carbocycles. The first-order valence-corrected chi connectivity index (χ1v) is 8.65. The van der Waals surface area contributed by atoms with E-state index >= 15 is 0 Å². The highest BCUT2D eigenvalue weighted by Crippen LogP contribution is 2.27. The second-order valence-electron chi connectivity index (χ2n) is 6.10. The van der Waals surface area contributed by atoms with Crippen LogP contribution >= 0.6 is 0 Å². The fourth-order valence-corrected chi connectivity index (χ4v) is 2.88. The number of nitrogens with zero attached hydrogens (tertiary/aromatic N) is 4. The van der Waals surface area contributed by atoms with Crippen LogP contribution in [0.3, 0.4) is 0 Å². The Bertz CT molecular complexity index is 929. The van der Waals surface area contributed by atoms with Crippen LogP contribution in [0.15, 0.2) is 24.3 Å². The molecule has 0 spiro atoms. The molecule has 1 aromatic carbocycles. The fourth-order valence-electron chi connectivity index (χ4n) is 2.88. The number of hydrogen-bond acceptors (Lipinski definition) is 5. The van der Waals surface area contributed by atoms with Crippen molar-refractivity contribution in [1.29, 1.82) is 0 Å². The summed E-state index contributed by atoms with van der Waals surface area (Å²) in [5.74, 6) is 1.58. The molecule has 0 aliphatic rings. The maximum atomic E-state index is 11.6. The van der Waals surface area contributed by atoms with Crippen LogP contribution in [0.2, 0.25) is 0 Å².